The van der Waals surface area contributed by atoms with Crippen molar-refractivity contribution < 1.29 is 27.6 Å². The molecule has 1 saturated heterocycles. The number of piperidine rings is 1. The predicted molar refractivity (Wildman–Crippen MR) is 92.9 cm³/mol. The van der Waals surface area contributed by atoms with Crippen LogP contribution < -0.4 is 10.6 Å². The SMILES string of the molecule is C=CC(=O)Nc1cccc(C(=O)N2CC[C@@H](C)[C@@H](NC(=O)C(F)(F)F)C2)c1. The largest absolute Gasteiger partial charge is 0.471 e. The summed E-state index contributed by atoms with van der Waals surface area (Å²) in [6.07, 6.45) is -3.42. The second-order valence-electron chi connectivity index (χ2n) is 6.37. The van der Waals surface area contributed by atoms with Crippen LogP contribution in [0.2, 0.25) is 0 Å². The molecule has 0 saturated carbocycles. The van der Waals surface area contributed by atoms with Crippen LogP contribution in [0.5, 0.6) is 0 Å². The zero-order valence-corrected chi connectivity index (χ0v) is 14.7. The maximum absolute atomic E-state index is 12.7. The lowest BCUT2D eigenvalue weighted by molar-refractivity contribution is -0.175. The fraction of sp³-hybridized carbons (Fsp3) is 0.389. The number of hydrogen-bond donors (Lipinski definition) is 2. The van der Waals surface area contributed by atoms with Crippen LogP contribution in [0.1, 0.15) is 23.7 Å². The lowest BCUT2D eigenvalue weighted by atomic mass is 9.93. The fourth-order valence-electron chi connectivity index (χ4n) is 2.80. The van der Waals surface area contributed by atoms with Gasteiger partial charge in [0, 0.05) is 30.4 Å². The Morgan fingerprint density at radius 2 is 2.00 bits per heavy atom. The first-order valence-corrected chi connectivity index (χ1v) is 8.32. The maximum atomic E-state index is 12.7. The van der Waals surface area contributed by atoms with Crippen LogP contribution in [0.15, 0.2) is 36.9 Å². The summed E-state index contributed by atoms with van der Waals surface area (Å²) in [7, 11) is 0. The minimum Gasteiger partial charge on any atom is -0.343 e. The van der Waals surface area contributed by atoms with Crippen LogP contribution in [0.3, 0.4) is 0 Å². The summed E-state index contributed by atoms with van der Waals surface area (Å²) >= 11 is 0. The molecule has 2 atom stereocenters. The average molecular weight is 383 g/mol. The molecule has 1 fully saturated rings. The van der Waals surface area contributed by atoms with E-state index in [4.69, 9.17) is 0 Å². The van der Waals surface area contributed by atoms with Gasteiger partial charge in [-0.2, -0.15) is 13.2 Å². The van der Waals surface area contributed by atoms with Gasteiger partial charge in [-0.05, 0) is 36.6 Å². The summed E-state index contributed by atoms with van der Waals surface area (Å²) in [6, 6.07) is 5.42. The molecule has 2 N–H and O–H groups in total. The first-order valence-electron chi connectivity index (χ1n) is 8.32. The second kappa shape index (κ2) is 8.24. The number of likely N-dealkylation sites (tertiary alicyclic amines) is 1. The molecule has 27 heavy (non-hydrogen) atoms. The molecule has 0 spiro atoms. The number of halogens is 3. The summed E-state index contributed by atoms with van der Waals surface area (Å²) in [5.41, 5.74) is 0.686. The number of anilines is 1. The van der Waals surface area contributed by atoms with Crippen LogP contribution in [0, 0.1) is 5.92 Å². The number of carbonyl (C=O) groups excluding carboxylic acids is 3. The van der Waals surface area contributed by atoms with Crippen molar-refractivity contribution in [3.05, 3.63) is 42.5 Å². The first kappa shape index (κ1) is 20.5. The van der Waals surface area contributed by atoms with Crippen molar-refractivity contribution in [1.82, 2.24) is 10.2 Å². The Bertz CT molecular complexity index is 749. The highest BCUT2D eigenvalue weighted by Crippen LogP contribution is 2.22. The van der Waals surface area contributed by atoms with E-state index in [1.54, 1.807) is 25.1 Å². The van der Waals surface area contributed by atoms with Crippen molar-refractivity contribution in [1.29, 1.82) is 0 Å². The lowest BCUT2D eigenvalue weighted by Crippen LogP contribution is -2.55. The lowest BCUT2D eigenvalue weighted by Gasteiger charge is -2.37. The molecule has 0 unspecified atom stereocenters. The summed E-state index contributed by atoms with van der Waals surface area (Å²) < 4.78 is 37.5. The Morgan fingerprint density at radius 1 is 1.30 bits per heavy atom. The van der Waals surface area contributed by atoms with Gasteiger partial charge in [0.25, 0.3) is 5.91 Å². The number of nitrogens with one attached hydrogen (secondary N) is 2. The molecule has 1 aliphatic rings. The quantitative estimate of drug-likeness (QED) is 0.784. The van der Waals surface area contributed by atoms with Gasteiger partial charge in [-0.15, -0.1) is 0 Å². The third-order valence-electron chi connectivity index (χ3n) is 4.38. The molecule has 0 bridgehead atoms. The number of benzene rings is 1. The molecule has 1 aromatic rings. The highest BCUT2D eigenvalue weighted by atomic mass is 19.4. The van der Waals surface area contributed by atoms with Gasteiger partial charge in [0.2, 0.25) is 5.91 Å². The van der Waals surface area contributed by atoms with E-state index < -0.39 is 24.0 Å². The Kier molecular flexibility index (Phi) is 6.24. The average Bonchev–Trinajstić information content (AvgIpc) is 2.62. The van der Waals surface area contributed by atoms with Gasteiger partial charge in [-0.25, -0.2) is 0 Å². The third kappa shape index (κ3) is 5.32. The standard InChI is InChI=1S/C18H20F3N3O3/c1-3-15(25)22-13-6-4-5-12(9-13)16(26)24-8-7-11(2)14(10-24)23-17(27)18(19,20)21/h3-6,9,11,14H,1,7-8,10H2,2H3,(H,22,25)(H,23,27)/t11-,14+/m1/s1. The number of hydrogen-bond acceptors (Lipinski definition) is 3. The van der Waals surface area contributed by atoms with Gasteiger partial charge in [-0.1, -0.05) is 19.6 Å². The zero-order valence-electron chi connectivity index (χ0n) is 14.7. The van der Waals surface area contributed by atoms with E-state index >= 15 is 0 Å². The highest BCUT2D eigenvalue weighted by Gasteiger charge is 2.41. The summed E-state index contributed by atoms with van der Waals surface area (Å²) in [4.78, 5) is 36.7. The van der Waals surface area contributed by atoms with Crippen LogP contribution in [0.4, 0.5) is 18.9 Å². The van der Waals surface area contributed by atoms with E-state index in [2.05, 4.69) is 11.9 Å². The van der Waals surface area contributed by atoms with Crippen LogP contribution in [0.25, 0.3) is 0 Å². The third-order valence-corrected chi connectivity index (χ3v) is 4.38. The van der Waals surface area contributed by atoms with Gasteiger partial charge in [-0.3, -0.25) is 14.4 Å². The van der Waals surface area contributed by atoms with Gasteiger partial charge in [0.1, 0.15) is 0 Å². The summed E-state index contributed by atoms with van der Waals surface area (Å²) in [5.74, 6) is -3.02. The van der Waals surface area contributed by atoms with Gasteiger partial charge in [0.15, 0.2) is 0 Å². The van der Waals surface area contributed by atoms with Gasteiger partial charge < -0.3 is 15.5 Å². The van der Waals surface area contributed by atoms with E-state index in [0.717, 1.165) is 6.08 Å². The van der Waals surface area contributed by atoms with Crippen molar-refractivity contribution in [2.45, 2.75) is 25.6 Å². The molecule has 3 amide bonds. The van der Waals surface area contributed by atoms with E-state index in [9.17, 15) is 27.6 Å². The molecule has 1 aliphatic heterocycles. The van der Waals surface area contributed by atoms with E-state index in [1.807, 2.05) is 5.32 Å². The molecular formula is C18H20F3N3O3. The van der Waals surface area contributed by atoms with Crippen LogP contribution >= 0.6 is 0 Å². The molecule has 0 aliphatic carbocycles. The van der Waals surface area contributed by atoms with Crippen LogP contribution in [-0.2, 0) is 9.59 Å². The normalized spacial score (nSPS) is 19.9. The van der Waals surface area contributed by atoms with Crippen molar-refractivity contribution in [3.8, 4) is 0 Å². The molecular weight excluding hydrogens is 363 g/mol. The second-order valence-corrected chi connectivity index (χ2v) is 6.37. The number of alkyl halides is 3. The highest BCUT2D eigenvalue weighted by molar-refractivity contribution is 6.00. The number of rotatable bonds is 4. The zero-order chi connectivity index (χ0) is 20.2. The minimum absolute atomic E-state index is 0.0228. The molecule has 1 heterocycles. The number of amides is 3. The van der Waals surface area contributed by atoms with Crippen molar-refractivity contribution in [2.24, 2.45) is 5.92 Å². The predicted octanol–water partition coefficient (Wildman–Crippen LogP) is 2.34. The van der Waals surface area contributed by atoms with Crippen molar-refractivity contribution in [3.63, 3.8) is 0 Å². The van der Waals surface area contributed by atoms with E-state index in [1.165, 1.54) is 11.0 Å². The number of nitrogens with zero attached hydrogens (tertiary/aromatic N) is 1. The van der Waals surface area contributed by atoms with Crippen molar-refractivity contribution in [2.75, 3.05) is 18.4 Å². The summed E-state index contributed by atoms with van der Waals surface area (Å²) in [6.45, 7) is 5.41. The maximum Gasteiger partial charge on any atom is 0.471 e. The fourth-order valence-corrected chi connectivity index (χ4v) is 2.80. The van der Waals surface area contributed by atoms with Gasteiger partial charge in [0.05, 0.1) is 0 Å². The minimum atomic E-state index is -4.97. The Morgan fingerprint density at radius 3 is 2.63 bits per heavy atom. The molecule has 0 radical (unpaired) electrons. The van der Waals surface area contributed by atoms with Crippen LogP contribution in [-0.4, -0.2) is 47.9 Å². The molecule has 9 heteroatoms. The number of carbonyl (C=O) groups is 3. The van der Waals surface area contributed by atoms with E-state index in [0.29, 0.717) is 18.7 Å². The first-order chi connectivity index (χ1) is 12.6. The van der Waals surface area contributed by atoms with E-state index in [-0.39, 0.29) is 23.9 Å². The monoisotopic (exact) mass is 383 g/mol. The Balaban J connectivity index is 2.10. The topological polar surface area (TPSA) is 78.5 Å². The van der Waals surface area contributed by atoms with Gasteiger partial charge >= 0.3 is 12.1 Å². The smallest absolute Gasteiger partial charge is 0.343 e. The summed E-state index contributed by atoms with van der Waals surface area (Å²) in [5, 5.41) is 4.50. The molecule has 1 aromatic carbocycles. The molecule has 2 rings (SSSR count). The molecule has 146 valence electrons. The molecule has 0 aromatic heterocycles. The van der Waals surface area contributed by atoms with Crippen molar-refractivity contribution >= 4 is 23.4 Å². The Hall–Kier alpha value is -2.84. The Labute approximate surface area is 154 Å². The molecule has 6 nitrogen and oxygen atoms in total.